The second-order valence-corrected chi connectivity index (χ2v) is 4.88. The lowest BCUT2D eigenvalue weighted by Gasteiger charge is -2.01. The van der Waals surface area contributed by atoms with Crippen LogP contribution in [0.25, 0.3) is 22.4 Å². The third-order valence-electron chi connectivity index (χ3n) is 3.27. The van der Waals surface area contributed by atoms with E-state index < -0.39 is 0 Å². The molecular weight excluding hydrogens is 264 g/mol. The molecule has 0 spiro atoms. The summed E-state index contributed by atoms with van der Waals surface area (Å²) in [6, 6.07) is 9.91. The maximum Gasteiger partial charge on any atom is 0.249 e. The van der Waals surface area contributed by atoms with E-state index in [1.807, 2.05) is 30.3 Å². The van der Waals surface area contributed by atoms with Crippen LogP contribution in [0.5, 0.6) is 0 Å². The standard InChI is InChI=1S/C16H18N4O/c1-2-9-17-11-8-14-19-20-16(21-14)13-7-3-5-12-6-4-10-18-15(12)13/h3-7,10,17H,2,8-9,11H2,1H3. The molecule has 0 aliphatic rings. The Bertz CT molecular complexity index is 718. The summed E-state index contributed by atoms with van der Waals surface area (Å²) in [4.78, 5) is 4.41. The number of hydrogen-bond donors (Lipinski definition) is 1. The molecular formula is C16H18N4O. The molecule has 0 atom stereocenters. The van der Waals surface area contributed by atoms with Gasteiger partial charge in [-0.3, -0.25) is 4.98 Å². The first kappa shape index (κ1) is 13.7. The first-order chi connectivity index (χ1) is 10.4. The monoisotopic (exact) mass is 282 g/mol. The highest BCUT2D eigenvalue weighted by Gasteiger charge is 2.12. The molecule has 0 aliphatic heterocycles. The summed E-state index contributed by atoms with van der Waals surface area (Å²) in [6.07, 6.45) is 3.64. The number of nitrogens with one attached hydrogen (secondary N) is 1. The van der Waals surface area contributed by atoms with Crippen molar-refractivity contribution in [3.05, 3.63) is 42.4 Å². The predicted molar refractivity (Wildman–Crippen MR) is 81.9 cm³/mol. The van der Waals surface area contributed by atoms with Gasteiger partial charge >= 0.3 is 0 Å². The van der Waals surface area contributed by atoms with Crippen molar-refractivity contribution in [2.45, 2.75) is 19.8 Å². The fourth-order valence-corrected chi connectivity index (χ4v) is 2.24. The highest BCUT2D eigenvalue weighted by Crippen LogP contribution is 2.25. The molecule has 0 saturated carbocycles. The van der Waals surface area contributed by atoms with Crippen molar-refractivity contribution < 1.29 is 4.42 Å². The number of nitrogens with zero attached hydrogens (tertiary/aromatic N) is 3. The first-order valence-electron chi connectivity index (χ1n) is 7.25. The van der Waals surface area contributed by atoms with Crippen LogP contribution >= 0.6 is 0 Å². The molecule has 108 valence electrons. The Hall–Kier alpha value is -2.27. The summed E-state index contributed by atoms with van der Waals surface area (Å²) in [6.45, 7) is 4.00. The van der Waals surface area contributed by atoms with E-state index in [-0.39, 0.29) is 0 Å². The van der Waals surface area contributed by atoms with Gasteiger partial charge in [-0.05, 0) is 25.1 Å². The van der Waals surface area contributed by atoms with E-state index in [1.165, 1.54) is 0 Å². The molecule has 2 aromatic heterocycles. The van der Waals surface area contributed by atoms with Gasteiger partial charge in [-0.2, -0.15) is 0 Å². The van der Waals surface area contributed by atoms with Gasteiger partial charge in [-0.1, -0.05) is 25.1 Å². The van der Waals surface area contributed by atoms with Crippen molar-refractivity contribution >= 4 is 10.9 Å². The maximum absolute atomic E-state index is 5.76. The van der Waals surface area contributed by atoms with Gasteiger partial charge in [-0.15, -0.1) is 10.2 Å². The molecule has 3 rings (SSSR count). The predicted octanol–water partition coefficient (Wildman–Crippen LogP) is 2.83. The van der Waals surface area contributed by atoms with Crippen LogP contribution in [-0.2, 0) is 6.42 Å². The lowest BCUT2D eigenvalue weighted by Crippen LogP contribution is -2.17. The topological polar surface area (TPSA) is 63.8 Å². The second kappa shape index (κ2) is 6.45. The van der Waals surface area contributed by atoms with Gasteiger partial charge in [0.2, 0.25) is 11.8 Å². The summed E-state index contributed by atoms with van der Waals surface area (Å²) >= 11 is 0. The van der Waals surface area contributed by atoms with Crippen molar-refractivity contribution in [1.82, 2.24) is 20.5 Å². The average Bonchev–Trinajstić information content (AvgIpc) is 3.00. The van der Waals surface area contributed by atoms with Crippen molar-refractivity contribution in [2.24, 2.45) is 0 Å². The second-order valence-electron chi connectivity index (χ2n) is 4.88. The van der Waals surface area contributed by atoms with E-state index in [9.17, 15) is 0 Å². The zero-order valence-corrected chi connectivity index (χ0v) is 12.0. The summed E-state index contributed by atoms with van der Waals surface area (Å²) < 4.78 is 5.76. The minimum Gasteiger partial charge on any atom is -0.421 e. The smallest absolute Gasteiger partial charge is 0.249 e. The number of rotatable bonds is 6. The lowest BCUT2D eigenvalue weighted by molar-refractivity contribution is 0.494. The summed E-state index contributed by atoms with van der Waals surface area (Å²) in [5.74, 6) is 1.19. The molecule has 0 fully saturated rings. The average molecular weight is 282 g/mol. The molecule has 3 aromatic rings. The molecule has 0 radical (unpaired) electrons. The Kier molecular flexibility index (Phi) is 4.21. The van der Waals surface area contributed by atoms with E-state index in [0.717, 1.165) is 42.4 Å². The van der Waals surface area contributed by atoms with Crippen LogP contribution in [0.1, 0.15) is 19.2 Å². The fraction of sp³-hybridized carbons (Fsp3) is 0.312. The van der Waals surface area contributed by atoms with Crippen molar-refractivity contribution in [3.8, 4) is 11.5 Å². The molecule has 2 heterocycles. The van der Waals surface area contributed by atoms with Gasteiger partial charge in [0.1, 0.15) is 0 Å². The molecule has 0 amide bonds. The van der Waals surface area contributed by atoms with Crippen LogP contribution in [0.3, 0.4) is 0 Å². The normalized spacial score (nSPS) is 11.1. The van der Waals surface area contributed by atoms with Gasteiger partial charge < -0.3 is 9.73 Å². The van der Waals surface area contributed by atoms with E-state index in [0.29, 0.717) is 11.8 Å². The molecule has 0 saturated heterocycles. The van der Waals surface area contributed by atoms with E-state index >= 15 is 0 Å². The summed E-state index contributed by atoms with van der Waals surface area (Å²) in [5, 5.41) is 12.7. The number of benzene rings is 1. The lowest BCUT2D eigenvalue weighted by atomic mass is 10.1. The molecule has 0 unspecified atom stereocenters. The van der Waals surface area contributed by atoms with Crippen molar-refractivity contribution in [1.29, 1.82) is 0 Å². The van der Waals surface area contributed by atoms with Crippen LogP contribution in [0.2, 0.25) is 0 Å². The molecule has 1 aromatic carbocycles. The number of aromatic nitrogens is 3. The molecule has 5 nitrogen and oxygen atoms in total. The Morgan fingerprint density at radius 3 is 2.90 bits per heavy atom. The molecule has 21 heavy (non-hydrogen) atoms. The Morgan fingerprint density at radius 2 is 2.00 bits per heavy atom. The van der Waals surface area contributed by atoms with Gasteiger partial charge in [0.05, 0.1) is 11.1 Å². The zero-order chi connectivity index (χ0) is 14.5. The molecule has 0 bridgehead atoms. The van der Waals surface area contributed by atoms with Crippen LogP contribution in [0.4, 0.5) is 0 Å². The van der Waals surface area contributed by atoms with Gasteiger partial charge in [0.15, 0.2) is 0 Å². The van der Waals surface area contributed by atoms with E-state index in [4.69, 9.17) is 4.42 Å². The molecule has 1 N–H and O–H groups in total. The van der Waals surface area contributed by atoms with E-state index in [2.05, 4.69) is 27.4 Å². The molecule has 5 heteroatoms. The van der Waals surface area contributed by atoms with Crippen molar-refractivity contribution in [3.63, 3.8) is 0 Å². The minimum atomic E-state index is 0.532. The number of hydrogen-bond acceptors (Lipinski definition) is 5. The number of pyridine rings is 1. The largest absolute Gasteiger partial charge is 0.421 e. The molecule has 0 aliphatic carbocycles. The zero-order valence-electron chi connectivity index (χ0n) is 12.0. The van der Waals surface area contributed by atoms with E-state index in [1.54, 1.807) is 6.20 Å². The third-order valence-corrected chi connectivity index (χ3v) is 3.27. The first-order valence-corrected chi connectivity index (χ1v) is 7.25. The Balaban J connectivity index is 1.81. The minimum absolute atomic E-state index is 0.532. The van der Waals surface area contributed by atoms with Gasteiger partial charge in [0, 0.05) is 24.5 Å². The third kappa shape index (κ3) is 3.08. The van der Waals surface area contributed by atoms with Gasteiger partial charge in [-0.25, -0.2) is 0 Å². The fourth-order valence-electron chi connectivity index (χ4n) is 2.24. The summed E-state index contributed by atoms with van der Waals surface area (Å²) in [7, 11) is 0. The van der Waals surface area contributed by atoms with Crippen LogP contribution < -0.4 is 5.32 Å². The SMILES string of the molecule is CCCNCCc1nnc(-c2cccc3cccnc23)o1. The Morgan fingerprint density at radius 1 is 1.10 bits per heavy atom. The Labute approximate surface area is 123 Å². The highest BCUT2D eigenvalue weighted by molar-refractivity contribution is 5.91. The maximum atomic E-state index is 5.76. The summed E-state index contributed by atoms with van der Waals surface area (Å²) in [5.41, 5.74) is 1.77. The van der Waals surface area contributed by atoms with Crippen LogP contribution in [0, 0.1) is 0 Å². The number of para-hydroxylation sites is 1. The van der Waals surface area contributed by atoms with Crippen LogP contribution in [-0.4, -0.2) is 28.3 Å². The van der Waals surface area contributed by atoms with Gasteiger partial charge in [0.25, 0.3) is 0 Å². The highest BCUT2D eigenvalue weighted by atomic mass is 16.4. The quantitative estimate of drug-likeness (QED) is 0.704. The van der Waals surface area contributed by atoms with Crippen LogP contribution in [0.15, 0.2) is 40.9 Å². The number of fused-ring (bicyclic) bond motifs is 1. The van der Waals surface area contributed by atoms with Crippen molar-refractivity contribution in [2.75, 3.05) is 13.1 Å².